The van der Waals surface area contributed by atoms with Gasteiger partial charge in [-0.05, 0) is 18.2 Å². The predicted molar refractivity (Wildman–Crippen MR) is 86.9 cm³/mol. The van der Waals surface area contributed by atoms with Gasteiger partial charge in [-0.2, -0.15) is 26.3 Å². The van der Waals surface area contributed by atoms with Crippen molar-refractivity contribution in [2.45, 2.75) is 16.7 Å². The number of nitrogens with one attached hydrogen (secondary N) is 1. The Hall–Kier alpha value is -1.86. The molecule has 26 heavy (non-hydrogen) atoms. The highest BCUT2D eigenvalue weighted by Crippen LogP contribution is 2.39. The third kappa shape index (κ3) is 4.45. The summed E-state index contributed by atoms with van der Waals surface area (Å²) < 4.78 is 80.8. The minimum atomic E-state index is -4.90. The molecule has 138 valence electrons. The molecular weight excluding hydrogens is 422 g/mol. The molecule has 0 saturated heterocycles. The summed E-state index contributed by atoms with van der Waals surface area (Å²) in [5.74, 6) is 0. The molecule has 2 heterocycles. The van der Waals surface area contributed by atoms with Crippen LogP contribution in [0.3, 0.4) is 0 Å². The maximum Gasteiger partial charge on any atom is 0.416 e. The summed E-state index contributed by atoms with van der Waals surface area (Å²) in [4.78, 5) is 4.07. The van der Waals surface area contributed by atoms with E-state index in [1.807, 2.05) is 0 Å². The van der Waals surface area contributed by atoms with Crippen LogP contribution in [0.2, 0.25) is 0 Å². The second-order valence-corrected chi connectivity index (χ2v) is 7.49. The Kier molecular flexibility index (Phi) is 5.12. The predicted octanol–water partition coefficient (Wildman–Crippen LogP) is 5.82. The van der Waals surface area contributed by atoms with E-state index in [0.29, 0.717) is 21.6 Å². The second-order valence-electron chi connectivity index (χ2n) is 4.74. The fourth-order valence-electron chi connectivity index (χ4n) is 1.84. The average Bonchev–Trinajstić information content (AvgIpc) is 3.22. The lowest BCUT2D eigenvalue weighted by atomic mass is 10.0. The maximum atomic E-state index is 12.9. The summed E-state index contributed by atoms with van der Waals surface area (Å²) in [5.41, 5.74) is -1.50. The van der Waals surface area contributed by atoms with Gasteiger partial charge in [0.15, 0.2) is 4.34 Å². The summed E-state index contributed by atoms with van der Waals surface area (Å²) >= 11 is 3.34. The first-order valence-electron chi connectivity index (χ1n) is 6.57. The number of rotatable bonds is 4. The Morgan fingerprint density at radius 1 is 0.923 bits per heavy atom. The molecule has 0 amide bonds. The van der Waals surface area contributed by atoms with Crippen molar-refractivity contribution in [2.75, 3.05) is 4.72 Å². The van der Waals surface area contributed by atoms with Crippen LogP contribution in [-0.4, -0.2) is 15.2 Å². The van der Waals surface area contributed by atoms with Crippen LogP contribution in [0.15, 0.2) is 33.4 Å². The van der Waals surface area contributed by atoms with E-state index in [-0.39, 0.29) is 17.3 Å². The molecule has 13 heteroatoms. The van der Waals surface area contributed by atoms with Crippen molar-refractivity contribution in [3.8, 4) is 11.3 Å². The summed E-state index contributed by atoms with van der Waals surface area (Å²) in [6, 6.07) is 1.39. The third-order valence-electron chi connectivity index (χ3n) is 2.95. The molecule has 0 unspecified atom stereocenters. The van der Waals surface area contributed by atoms with E-state index in [1.54, 1.807) is 0 Å². The molecule has 1 N–H and O–H groups in total. The van der Waals surface area contributed by atoms with Crippen molar-refractivity contribution < 1.29 is 26.3 Å². The smallest absolute Gasteiger partial charge is 0.298 e. The van der Waals surface area contributed by atoms with Crippen molar-refractivity contribution in [3.63, 3.8) is 0 Å². The van der Waals surface area contributed by atoms with Gasteiger partial charge in [-0.3, -0.25) is 4.72 Å². The van der Waals surface area contributed by atoms with E-state index in [9.17, 15) is 26.3 Å². The van der Waals surface area contributed by atoms with E-state index in [4.69, 9.17) is 0 Å². The van der Waals surface area contributed by atoms with Gasteiger partial charge in [-0.15, -0.1) is 21.5 Å². The SMILES string of the molecule is FC(F)(F)c1cc(-c2csc(SNc3nncs3)n2)cc(C(F)(F)F)c1. The van der Waals surface area contributed by atoms with Gasteiger partial charge in [0.2, 0.25) is 5.13 Å². The number of aromatic nitrogens is 3. The van der Waals surface area contributed by atoms with E-state index >= 15 is 0 Å². The van der Waals surface area contributed by atoms with Crippen LogP contribution in [0.1, 0.15) is 11.1 Å². The molecule has 0 spiro atoms. The first-order chi connectivity index (χ1) is 12.1. The lowest BCUT2D eigenvalue weighted by Gasteiger charge is -2.13. The lowest BCUT2D eigenvalue weighted by molar-refractivity contribution is -0.143. The minimum absolute atomic E-state index is 0.0214. The normalized spacial score (nSPS) is 12.4. The number of thiazole rings is 1. The number of hydrogen-bond donors (Lipinski definition) is 1. The molecule has 4 nitrogen and oxygen atoms in total. The van der Waals surface area contributed by atoms with E-state index in [2.05, 4.69) is 19.9 Å². The number of nitrogens with zero attached hydrogens (tertiary/aromatic N) is 3. The summed E-state index contributed by atoms with van der Waals surface area (Å²) in [7, 11) is 0. The largest absolute Gasteiger partial charge is 0.416 e. The molecule has 0 aliphatic carbocycles. The van der Waals surface area contributed by atoms with Gasteiger partial charge in [-0.25, -0.2) is 4.98 Å². The molecule has 3 rings (SSSR count). The highest BCUT2D eigenvalue weighted by molar-refractivity contribution is 8.02. The Morgan fingerprint density at radius 3 is 2.12 bits per heavy atom. The maximum absolute atomic E-state index is 12.9. The highest BCUT2D eigenvalue weighted by atomic mass is 32.2. The van der Waals surface area contributed by atoms with Gasteiger partial charge in [-0.1, -0.05) is 11.3 Å². The van der Waals surface area contributed by atoms with Crippen LogP contribution < -0.4 is 4.72 Å². The van der Waals surface area contributed by atoms with Gasteiger partial charge in [0, 0.05) is 22.9 Å². The highest BCUT2D eigenvalue weighted by Gasteiger charge is 2.37. The topological polar surface area (TPSA) is 50.7 Å². The van der Waals surface area contributed by atoms with Gasteiger partial charge in [0.05, 0.1) is 16.8 Å². The Labute approximate surface area is 154 Å². The Bertz CT molecular complexity index is 856. The molecule has 2 aromatic heterocycles. The zero-order valence-electron chi connectivity index (χ0n) is 12.2. The van der Waals surface area contributed by atoms with Gasteiger partial charge < -0.3 is 0 Å². The van der Waals surface area contributed by atoms with Gasteiger partial charge in [0.1, 0.15) is 5.51 Å². The quantitative estimate of drug-likeness (QED) is 0.419. The first-order valence-corrected chi connectivity index (χ1v) is 9.15. The fourth-order valence-corrected chi connectivity index (χ4v) is 3.82. The van der Waals surface area contributed by atoms with Crippen LogP contribution in [0.5, 0.6) is 0 Å². The molecule has 1 aromatic carbocycles. The Morgan fingerprint density at radius 2 is 1.58 bits per heavy atom. The van der Waals surface area contributed by atoms with Crippen LogP contribution in [-0.2, 0) is 12.4 Å². The number of benzene rings is 1. The standard InChI is InChI=1S/C13H6F6N4S3/c14-12(15,16)7-1-6(2-8(3-7)13(17,18)19)9-4-24-11(21-9)26-23-10-22-20-5-25-10/h1-5H,(H,22,23). The second kappa shape index (κ2) is 7.04. The monoisotopic (exact) mass is 428 g/mol. The van der Waals surface area contributed by atoms with Gasteiger partial charge >= 0.3 is 12.4 Å². The molecule has 0 fully saturated rings. The lowest BCUT2D eigenvalue weighted by Crippen LogP contribution is -2.11. The molecular formula is C13H6F6N4S3. The molecule has 0 bridgehead atoms. The van der Waals surface area contributed by atoms with Crippen LogP contribution in [0, 0.1) is 0 Å². The molecule has 0 aliphatic rings. The van der Waals surface area contributed by atoms with Crippen LogP contribution >= 0.6 is 34.6 Å². The van der Waals surface area contributed by atoms with Crippen molar-refractivity contribution >= 4 is 39.8 Å². The van der Waals surface area contributed by atoms with Crippen molar-refractivity contribution in [2.24, 2.45) is 0 Å². The summed E-state index contributed by atoms with van der Waals surface area (Å²) in [6.07, 6.45) is -9.80. The van der Waals surface area contributed by atoms with E-state index < -0.39 is 23.5 Å². The van der Waals surface area contributed by atoms with E-state index in [1.165, 1.54) is 22.2 Å². The van der Waals surface area contributed by atoms with Crippen molar-refractivity contribution in [1.29, 1.82) is 0 Å². The van der Waals surface area contributed by atoms with Crippen LogP contribution in [0.25, 0.3) is 11.3 Å². The molecule has 0 radical (unpaired) electrons. The van der Waals surface area contributed by atoms with Gasteiger partial charge in [0.25, 0.3) is 0 Å². The molecule has 3 aromatic rings. The summed E-state index contributed by atoms with van der Waals surface area (Å²) in [6.45, 7) is 0. The molecule has 0 atom stereocenters. The fraction of sp³-hybridized carbons (Fsp3) is 0.154. The Balaban J connectivity index is 1.90. The summed E-state index contributed by atoms with van der Waals surface area (Å²) in [5, 5.41) is 9.23. The number of halogens is 6. The zero-order valence-corrected chi connectivity index (χ0v) is 14.7. The number of hydrogen-bond acceptors (Lipinski definition) is 7. The molecule has 0 saturated carbocycles. The van der Waals surface area contributed by atoms with E-state index in [0.717, 1.165) is 23.3 Å². The average molecular weight is 428 g/mol. The first kappa shape index (κ1) is 18.9. The minimum Gasteiger partial charge on any atom is -0.298 e. The third-order valence-corrected chi connectivity index (χ3v) is 5.42. The number of anilines is 1. The van der Waals surface area contributed by atoms with Crippen LogP contribution in [0.4, 0.5) is 31.5 Å². The molecule has 0 aliphatic heterocycles. The zero-order chi connectivity index (χ0) is 18.9. The van der Waals surface area contributed by atoms with Crippen molar-refractivity contribution in [1.82, 2.24) is 15.2 Å². The van der Waals surface area contributed by atoms with Crippen molar-refractivity contribution in [3.05, 3.63) is 40.2 Å². The number of alkyl halides is 6.